The molecule has 3 saturated heterocycles. The van der Waals surface area contributed by atoms with Crippen molar-refractivity contribution in [2.45, 2.75) is 426 Å². The molecular weight excluding hydrogens is 1250 g/mol. The summed E-state index contributed by atoms with van der Waals surface area (Å²) in [5.41, 5.74) is 0. The third-order valence-electron chi connectivity index (χ3n) is 20.1. The Morgan fingerprint density at radius 3 is 1.29 bits per heavy atom. The minimum absolute atomic E-state index is 0.230. The molecule has 0 saturated carbocycles. The van der Waals surface area contributed by atoms with E-state index in [0.29, 0.717) is 19.3 Å². The van der Waals surface area contributed by atoms with E-state index in [1.807, 2.05) is 0 Å². The number of carboxylic acids is 1. The smallest absolute Gasteiger partial charge is 0.364 e. The van der Waals surface area contributed by atoms with Crippen LogP contribution in [0.25, 0.3) is 0 Å². The van der Waals surface area contributed by atoms with Crippen molar-refractivity contribution in [3.05, 3.63) is 0 Å². The lowest BCUT2D eigenvalue weighted by atomic mass is 9.88. The van der Waals surface area contributed by atoms with Gasteiger partial charge in [-0.25, -0.2) is 4.79 Å². The Hall–Kier alpha value is -2.27. The number of carbonyl (C=O) groups excluding carboxylic acids is 2. The molecule has 0 aromatic heterocycles. The predicted octanol–water partition coefficient (Wildman–Crippen LogP) is 9.24. The molecule has 2 amide bonds. The molecule has 97 heavy (non-hydrogen) atoms. The van der Waals surface area contributed by atoms with Gasteiger partial charge in [0.1, 0.15) is 67.1 Å². The number of hydrogen-bond acceptors (Lipinski definition) is 20. The fraction of sp³-hybridized carbons (Fsp3) is 0.959. The summed E-state index contributed by atoms with van der Waals surface area (Å²) in [5, 5.41) is 136. The Morgan fingerprint density at radius 1 is 0.495 bits per heavy atom. The van der Waals surface area contributed by atoms with E-state index in [9.17, 15) is 75.7 Å². The molecule has 0 aromatic rings. The first-order valence-electron chi connectivity index (χ1n) is 38.9. The molecule has 572 valence electrons. The fourth-order valence-corrected chi connectivity index (χ4v) is 13.9. The molecule has 0 bridgehead atoms. The normalized spacial score (nSPS) is 27.3. The topological polar surface area (TPSA) is 373 Å². The van der Waals surface area contributed by atoms with Gasteiger partial charge in [0, 0.05) is 19.8 Å². The zero-order valence-corrected chi connectivity index (χ0v) is 60.2. The van der Waals surface area contributed by atoms with Crippen LogP contribution in [-0.2, 0) is 42.8 Å². The second-order valence-corrected chi connectivity index (χ2v) is 28.6. The summed E-state index contributed by atoms with van der Waals surface area (Å²) < 4.78 is 34.9. The van der Waals surface area contributed by atoms with Gasteiger partial charge in [0.05, 0.1) is 50.7 Å². The third kappa shape index (κ3) is 35.7. The zero-order chi connectivity index (χ0) is 71.1. The minimum Gasteiger partial charge on any atom is -0.477 e. The van der Waals surface area contributed by atoms with Gasteiger partial charge in [0.15, 0.2) is 12.6 Å². The average Bonchev–Trinajstić information content (AvgIpc) is 0.760. The number of aliphatic carboxylic acids is 1. The molecule has 0 aromatic carbocycles. The van der Waals surface area contributed by atoms with Crippen molar-refractivity contribution in [2.24, 2.45) is 0 Å². The molecule has 0 radical (unpaired) electrons. The number of nitrogens with one attached hydrogen (secondary N) is 2. The molecule has 3 aliphatic rings. The predicted molar refractivity (Wildman–Crippen MR) is 371 cm³/mol. The maximum absolute atomic E-state index is 13.5. The maximum atomic E-state index is 13.5. The fourth-order valence-electron chi connectivity index (χ4n) is 13.9. The van der Waals surface area contributed by atoms with E-state index in [0.717, 1.165) is 51.9 Å². The van der Waals surface area contributed by atoms with Crippen LogP contribution in [0, 0.1) is 0 Å². The van der Waals surface area contributed by atoms with Gasteiger partial charge in [-0.05, 0) is 12.8 Å². The van der Waals surface area contributed by atoms with Gasteiger partial charge >= 0.3 is 5.97 Å². The number of ether oxygens (including phenoxy) is 6. The van der Waals surface area contributed by atoms with Gasteiger partial charge in [0.2, 0.25) is 11.8 Å². The van der Waals surface area contributed by atoms with E-state index in [1.54, 1.807) is 0 Å². The maximum Gasteiger partial charge on any atom is 0.364 e. The molecule has 18 unspecified atom stereocenters. The van der Waals surface area contributed by atoms with Gasteiger partial charge in [-0.1, -0.05) is 284 Å². The number of aliphatic hydroxyl groups is 11. The van der Waals surface area contributed by atoms with E-state index >= 15 is 0 Å². The zero-order valence-electron chi connectivity index (χ0n) is 60.2. The molecule has 0 aliphatic carbocycles. The van der Waals surface area contributed by atoms with E-state index in [4.69, 9.17) is 28.4 Å². The van der Waals surface area contributed by atoms with Crippen molar-refractivity contribution >= 4 is 17.8 Å². The second kappa shape index (κ2) is 54.4. The van der Waals surface area contributed by atoms with Crippen LogP contribution < -0.4 is 10.6 Å². The van der Waals surface area contributed by atoms with E-state index in [2.05, 4.69) is 24.5 Å². The van der Waals surface area contributed by atoms with Crippen LogP contribution >= 0.6 is 0 Å². The SMILES string of the molecule is CCCCCCCCCCCCCCCCCCCCCCCCCCCCCC(=O)NC(COC1OC(CO)C(OC2OC(CO)C(O)C(OC3(C(=O)O)CC(O)C(NC(C)=O)C(C(O)C(O)CO)O3)C2O)C(O)C1O)C(O)CCCCCCCCCCCCCCCCCC. The van der Waals surface area contributed by atoms with Crippen LogP contribution in [0.15, 0.2) is 0 Å². The molecule has 3 heterocycles. The van der Waals surface area contributed by atoms with Crippen LogP contribution in [0.5, 0.6) is 0 Å². The summed E-state index contributed by atoms with van der Waals surface area (Å²) in [6, 6.07) is -2.52. The first kappa shape index (κ1) is 88.9. The molecule has 14 N–H and O–H groups in total. The minimum atomic E-state index is -3.08. The number of carbonyl (C=O) groups is 3. The van der Waals surface area contributed by atoms with Crippen molar-refractivity contribution in [3.8, 4) is 0 Å². The summed E-state index contributed by atoms with van der Waals surface area (Å²) in [6.07, 6.45) is 25.3. The Morgan fingerprint density at radius 2 is 0.897 bits per heavy atom. The number of hydrogen-bond donors (Lipinski definition) is 14. The first-order valence-corrected chi connectivity index (χ1v) is 38.9. The summed E-state index contributed by atoms with van der Waals surface area (Å²) in [7, 11) is 0. The van der Waals surface area contributed by atoms with Crippen LogP contribution in [0.2, 0.25) is 0 Å². The molecule has 23 heteroatoms. The number of unbranched alkanes of at least 4 members (excludes halogenated alkanes) is 41. The molecule has 3 rings (SSSR count). The summed E-state index contributed by atoms with van der Waals surface area (Å²) in [5.74, 6) is -6.09. The van der Waals surface area contributed by atoms with E-state index < -0.39 is 148 Å². The Labute approximate surface area is 582 Å². The highest BCUT2D eigenvalue weighted by Crippen LogP contribution is 2.39. The highest BCUT2D eigenvalue weighted by molar-refractivity contribution is 5.77. The Balaban J connectivity index is 1.51. The van der Waals surface area contributed by atoms with Crippen molar-refractivity contribution in [1.29, 1.82) is 0 Å². The van der Waals surface area contributed by atoms with Crippen LogP contribution in [0.1, 0.15) is 316 Å². The van der Waals surface area contributed by atoms with Gasteiger partial charge in [-0.3, -0.25) is 9.59 Å². The lowest BCUT2D eigenvalue weighted by molar-refractivity contribution is -0.386. The first-order chi connectivity index (χ1) is 46.9. The van der Waals surface area contributed by atoms with E-state index in [-0.39, 0.29) is 18.9 Å². The monoisotopic (exact) mass is 1390 g/mol. The molecule has 3 fully saturated rings. The van der Waals surface area contributed by atoms with Crippen molar-refractivity contribution < 1.29 is 104 Å². The average molecular weight is 1390 g/mol. The summed E-state index contributed by atoms with van der Waals surface area (Å²) >= 11 is 0. The second-order valence-electron chi connectivity index (χ2n) is 28.6. The lowest BCUT2D eigenvalue weighted by Gasteiger charge is -2.50. The van der Waals surface area contributed by atoms with Crippen LogP contribution in [-0.4, -0.2) is 215 Å². The van der Waals surface area contributed by atoms with Gasteiger partial charge < -0.3 is 100 Å². The van der Waals surface area contributed by atoms with Crippen molar-refractivity contribution in [2.75, 3.05) is 26.4 Å². The van der Waals surface area contributed by atoms with Crippen molar-refractivity contribution in [3.63, 3.8) is 0 Å². The Kier molecular flexibility index (Phi) is 49.9. The number of rotatable bonds is 61. The van der Waals surface area contributed by atoms with Crippen LogP contribution in [0.4, 0.5) is 0 Å². The largest absolute Gasteiger partial charge is 0.477 e. The highest BCUT2D eigenvalue weighted by Gasteiger charge is 2.60. The Bertz CT molecular complexity index is 1950. The van der Waals surface area contributed by atoms with Crippen LogP contribution in [0.3, 0.4) is 0 Å². The van der Waals surface area contributed by atoms with Gasteiger partial charge in [-0.15, -0.1) is 0 Å². The van der Waals surface area contributed by atoms with Gasteiger partial charge in [0.25, 0.3) is 5.79 Å². The molecule has 0 spiro atoms. The van der Waals surface area contributed by atoms with Crippen molar-refractivity contribution in [1.82, 2.24) is 10.6 Å². The summed E-state index contributed by atoms with van der Waals surface area (Å²) in [4.78, 5) is 38.7. The quantitative estimate of drug-likeness (QED) is 0.0252. The number of carboxylic acid groups (broad SMARTS) is 1. The summed E-state index contributed by atoms with van der Waals surface area (Å²) in [6.45, 7) is 2.25. The third-order valence-corrected chi connectivity index (χ3v) is 20.1. The molecule has 3 aliphatic heterocycles. The van der Waals surface area contributed by atoms with Gasteiger partial charge in [-0.2, -0.15) is 0 Å². The highest BCUT2D eigenvalue weighted by atomic mass is 16.8. The van der Waals surface area contributed by atoms with E-state index in [1.165, 1.54) is 218 Å². The molecule has 23 nitrogen and oxygen atoms in total. The number of amides is 2. The molecular formula is C74H140N2O21. The standard InChI is InChI=1S/C74H140N2O21/c1-4-6-8-10-12-14-16-18-20-22-23-24-25-26-27-28-29-30-31-32-34-36-38-40-42-44-46-48-61(84)76-55(56(81)47-45-43-41-39-37-35-33-21-19-17-15-13-11-9-7-5-2)53-92-71-66(88)65(87)68(60(52-79)94-71)95-72-67(89)70(64(86)59(51-78)93-72)97-74(73(90)91)49-57(82)62(75-54(3)80)69(96-74)63(85)58(83)50-77/h55-60,62-72,77-79,81-83,85-89H,4-53H2,1-3H3,(H,75,80)(H,76,84)(H,90,91). The molecule has 18 atom stereocenters. The lowest BCUT2D eigenvalue weighted by Crippen LogP contribution is -2.70. The number of aliphatic hydroxyl groups excluding tert-OH is 11.